The van der Waals surface area contributed by atoms with E-state index in [4.69, 9.17) is 29.7 Å². The largest absolute Gasteiger partial charge is 3.00 e. The first-order valence-electron chi connectivity index (χ1n) is 13.4. The van der Waals surface area contributed by atoms with Crippen LogP contribution >= 0.6 is 0 Å². The van der Waals surface area contributed by atoms with Gasteiger partial charge in [0.25, 0.3) is 0 Å². The molecule has 0 atom stereocenters. The minimum absolute atomic E-state index is 0. The van der Waals surface area contributed by atoms with Gasteiger partial charge in [0.2, 0.25) is 0 Å². The Hall–Kier alpha value is -5.24. The van der Waals surface area contributed by atoms with E-state index in [-0.39, 0.29) is 20.1 Å². The van der Waals surface area contributed by atoms with Crippen molar-refractivity contribution in [1.82, 2.24) is 9.97 Å². The molecule has 0 saturated heterocycles. The first-order valence-corrected chi connectivity index (χ1v) is 13.4. The molecular weight excluding hydrogens is 749 g/mol. The van der Waals surface area contributed by atoms with Gasteiger partial charge in [-0.05, 0) is 43.7 Å². The standard InChI is InChI=1S/2C15H11N.3C2H4O2.Ir/c2*1-2-7-13(8-3-1)15-14-9-5-4-6-12(14)10-11-16-15;3*1-2(3)4;/h2*1-11H;3*1H3,(H,3,4);/q;;;;;+3/p-3. The average molecular weight is 780 g/mol. The van der Waals surface area contributed by atoms with Gasteiger partial charge in [-0.15, -0.1) is 0 Å². The third-order valence-electron chi connectivity index (χ3n) is 5.44. The number of carbonyl (C=O) groups is 3. The van der Waals surface area contributed by atoms with Crippen LogP contribution in [0.15, 0.2) is 134 Å². The molecule has 6 rings (SSSR count). The molecule has 0 fully saturated rings. The number of benzene rings is 4. The van der Waals surface area contributed by atoms with E-state index in [1.165, 1.54) is 32.7 Å². The summed E-state index contributed by atoms with van der Waals surface area (Å²) < 4.78 is 0. The molecule has 0 radical (unpaired) electrons. The van der Waals surface area contributed by atoms with Gasteiger partial charge in [0, 0.05) is 52.2 Å². The first kappa shape index (κ1) is 37.8. The van der Waals surface area contributed by atoms with Crippen LogP contribution in [0.2, 0.25) is 0 Å². The van der Waals surface area contributed by atoms with Gasteiger partial charge in [0.1, 0.15) is 0 Å². The van der Waals surface area contributed by atoms with Gasteiger partial charge >= 0.3 is 20.1 Å². The molecule has 9 heteroatoms. The zero-order valence-electron chi connectivity index (χ0n) is 24.9. The van der Waals surface area contributed by atoms with Crippen LogP contribution in [0.25, 0.3) is 44.1 Å². The Bertz CT molecular complexity index is 1620. The predicted octanol–water partition coefficient (Wildman–Crippen LogP) is 4.07. The van der Waals surface area contributed by atoms with Crippen LogP contribution in [-0.2, 0) is 34.5 Å². The molecule has 0 unspecified atom stereocenters. The van der Waals surface area contributed by atoms with Crippen molar-refractivity contribution in [2.75, 3.05) is 0 Å². The summed E-state index contributed by atoms with van der Waals surface area (Å²) in [6.45, 7) is 2.92. The van der Waals surface area contributed by atoms with Crippen molar-refractivity contribution in [2.24, 2.45) is 0 Å². The molecule has 0 aliphatic rings. The molecule has 8 nitrogen and oxygen atoms in total. The topological polar surface area (TPSA) is 146 Å². The Morgan fingerprint density at radius 2 is 0.711 bits per heavy atom. The van der Waals surface area contributed by atoms with Gasteiger partial charge in [-0.3, -0.25) is 9.97 Å². The summed E-state index contributed by atoms with van der Waals surface area (Å²) in [5.74, 6) is -3.25. The molecular formula is C36H31IrN2O6. The third-order valence-corrected chi connectivity index (χ3v) is 5.44. The van der Waals surface area contributed by atoms with Crippen LogP contribution < -0.4 is 15.3 Å². The van der Waals surface area contributed by atoms with E-state index in [0.29, 0.717) is 0 Å². The normalized spacial score (nSPS) is 9.13. The number of pyridine rings is 2. The Morgan fingerprint density at radius 3 is 1.02 bits per heavy atom. The molecule has 6 aromatic rings. The van der Waals surface area contributed by atoms with Gasteiger partial charge in [0.05, 0.1) is 11.4 Å². The minimum atomic E-state index is -1.08. The van der Waals surface area contributed by atoms with Crippen LogP contribution in [0.5, 0.6) is 0 Å². The van der Waals surface area contributed by atoms with Crippen molar-refractivity contribution in [3.63, 3.8) is 0 Å². The van der Waals surface area contributed by atoms with E-state index in [1.54, 1.807) is 0 Å². The maximum atomic E-state index is 8.89. The SMILES string of the molecule is CC(=O)[O-].CC(=O)[O-].CC(=O)[O-].[Ir+3].c1ccc(-c2nccc3ccccc23)cc1.c1ccc(-c2nccc3ccccc23)cc1. The fourth-order valence-electron chi connectivity index (χ4n) is 3.89. The van der Waals surface area contributed by atoms with Crippen molar-refractivity contribution in [3.8, 4) is 22.5 Å². The Labute approximate surface area is 275 Å². The number of hydrogen-bond donors (Lipinski definition) is 0. The summed E-state index contributed by atoms with van der Waals surface area (Å²) in [7, 11) is 0. The number of fused-ring (bicyclic) bond motifs is 2. The molecule has 2 heterocycles. The molecule has 0 N–H and O–H groups in total. The van der Waals surface area contributed by atoms with E-state index in [0.717, 1.165) is 32.2 Å². The number of aromatic nitrogens is 2. The number of aliphatic carboxylic acids is 3. The number of carboxylic acid groups (broad SMARTS) is 3. The summed E-state index contributed by atoms with van der Waals surface area (Å²) in [6.07, 6.45) is 3.73. The molecule has 0 saturated carbocycles. The second-order valence-electron chi connectivity index (χ2n) is 8.97. The molecule has 0 bridgehead atoms. The van der Waals surface area contributed by atoms with Crippen LogP contribution in [-0.4, -0.2) is 27.9 Å². The Morgan fingerprint density at radius 1 is 0.444 bits per heavy atom. The van der Waals surface area contributed by atoms with Crippen LogP contribution in [0, 0.1) is 0 Å². The fraction of sp³-hybridized carbons (Fsp3) is 0.0833. The summed E-state index contributed by atoms with van der Waals surface area (Å²) in [4.78, 5) is 35.6. The second-order valence-corrected chi connectivity index (χ2v) is 8.97. The Balaban J connectivity index is 0.000000329. The summed E-state index contributed by atoms with van der Waals surface area (Å²) >= 11 is 0. The molecule has 2 aromatic heterocycles. The third kappa shape index (κ3) is 14.2. The quantitative estimate of drug-likeness (QED) is 0.256. The van der Waals surface area contributed by atoms with Gasteiger partial charge in [-0.2, -0.15) is 0 Å². The molecule has 45 heavy (non-hydrogen) atoms. The van der Waals surface area contributed by atoms with Gasteiger partial charge in [-0.25, -0.2) is 0 Å². The van der Waals surface area contributed by atoms with E-state index in [9.17, 15) is 0 Å². The first-order chi connectivity index (χ1) is 21.1. The maximum Gasteiger partial charge on any atom is 3.00 e. The van der Waals surface area contributed by atoms with Crippen molar-refractivity contribution >= 4 is 39.5 Å². The summed E-state index contributed by atoms with van der Waals surface area (Å²) in [5.41, 5.74) is 4.44. The van der Waals surface area contributed by atoms with Gasteiger partial charge in [0.15, 0.2) is 0 Å². The van der Waals surface area contributed by atoms with Crippen LogP contribution in [0.4, 0.5) is 0 Å². The number of carbonyl (C=O) groups excluding carboxylic acids is 3. The second kappa shape index (κ2) is 20.6. The minimum Gasteiger partial charge on any atom is -0.550 e. The number of hydrogen-bond acceptors (Lipinski definition) is 8. The summed E-state index contributed by atoms with van der Waals surface area (Å²) in [6, 6.07) is 41.3. The van der Waals surface area contributed by atoms with E-state index >= 15 is 0 Å². The van der Waals surface area contributed by atoms with E-state index < -0.39 is 17.9 Å². The smallest absolute Gasteiger partial charge is 0.550 e. The van der Waals surface area contributed by atoms with Gasteiger partial charge in [-0.1, -0.05) is 109 Å². The van der Waals surface area contributed by atoms with Crippen molar-refractivity contribution in [1.29, 1.82) is 0 Å². The van der Waals surface area contributed by atoms with Crippen molar-refractivity contribution in [2.45, 2.75) is 20.8 Å². The maximum absolute atomic E-state index is 8.89. The number of rotatable bonds is 2. The monoisotopic (exact) mass is 780 g/mol. The molecule has 4 aromatic carbocycles. The fourth-order valence-corrected chi connectivity index (χ4v) is 3.89. The van der Waals surface area contributed by atoms with E-state index in [2.05, 4.69) is 82.8 Å². The molecule has 230 valence electrons. The summed E-state index contributed by atoms with van der Waals surface area (Å²) in [5, 5.41) is 31.5. The number of nitrogens with zero attached hydrogens (tertiary/aromatic N) is 2. The van der Waals surface area contributed by atoms with Crippen molar-refractivity contribution in [3.05, 3.63) is 134 Å². The zero-order valence-corrected chi connectivity index (χ0v) is 27.3. The van der Waals surface area contributed by atoms with Crippen molar-refractivity contribution < 1.29 is 49.8 Å². The predicted molar refractivity (Wildman–Crippen MR) is 166 cm³/mol. The van der Waals surface area contributed by atoms with Gasteiger partial charge < -0.3 is 29.7 Å². The van der Waals surface area contributed by atoms with E-state index in [1.807, 2.05) is 60.9 Å². The molecule has 0 amide bonds. The molecule has 0 spiro atoms. The number of carboxylic acids is 3. The Kier molecular flexibility index (Phi) is 17.3. The zero-order chi connectivity index (χ0) is 32.3. The molecule has 0 aliphatic heterocycles. The molecule has 0 aliphatic carbocycles. The average Bonchev–Trinajstić information content (AvgIpc) is 3.01. The van der Waals surface area contributed by atoms with Crippen LogP contribution in [0.1, 0.15) is 20.8 Å². The van der Waals surface area contributed by atoms with Crippen LogP contribution in [0.3, 0.4) is 0 Å².